The number of nitrogens with zero attached hydrogens (tertiary/aromatic N) is 2. The normalized spacial score (nSPS) is 18.4. The Balaban J connectivity index is 1.47. The molecule has 6 nitrogen and oxygen atoms in total. The Morgan fingerprint density at radius 1 is 1.16 bits per heavy atom. The lowest BCUT2D eigenvalue weighted by Crippen LogP contribution is -2.54. The SMILES string of the molecule is O=C(Cc1ccc(C(F)(F)F)cc1)N1CC(CN2C(=O)COC2=O)C1. The molecule has 3 amide bonds. The van der Waals surface area contributed by atoms with Gasteiger partial charge in [-0.05, 0) is 17.7 Å². The van der Waals surface area contributed by atoms with Crippen molar-refractivity contribution in [1.29, 1.82) is 0 Å². The molecule has 3 rings (SSSR count). The maximum absolute atomic E-state index is 12.5. The van der Waals surface area contributed by atoms with Crippen LogP contribution in [0.25, 0.3) is 0 Å². The van der Waals surface area contributed by atoms with Gasteiger partial charge in [-0.15, -0.1) is 0 Å². The number of benzene rings is 1. The van der Waals surface area contributed by atoms with Crippen LogP contribution in [0.3, 0.4) is 0 Å². The third-order valence-corrected chi connectivity index (χ3v) is 4.23. The topological polar surface area (TPSA) is 66.9 Å². The number of cyclic esters (lactones) is 1. The Morgan fingerprint density at radius 2 is 1.80 bits per heavy atom. The summed E-state index contributed by atoms with van der Waals surface area (Å²) in [6.45, 7) is 0.761. The van der Waals surface area contributed by atoms with Crippen LogP contribution in [0.4, 0.5) is 18.0 Å². The first-order chi connectivity index (χ1) is 11.7. The lowest BCUT2D eigenvalue weighted by molar-refractivity contribution is -0.138. The second-order valence-corrected chi connectivity index (χ2v) is 6.10. The largest absolute Gasteiger partial charge is 0.439 e. The Labute approximate surface area is 141 Å². The highest BCUT2D eigenvalue weighted by atomic mass is 19.4. The number of amides is 3. The molecule has 2 aliphatic heterocycles. The van der Waals surface area contributed by atoms with Crippen molar-refractivity contribution >= 4 is 17.9 Å². The number of likely N-dealkylation sites (tertiary alicyclic amines) is 1. The standard InChI is InChI=1S/C16H15F3N2O4/c17-16(18,19)12-3-1-10(2-4-12)5-13(22)20-6-11(7-20)8-21-14(23)9-25-15(21)24/h1-4,11H,5-9H2. The van der Waals surface area contributed by atoms with Gasteiger partial charge in [-0.25, -0.2) is 9.69 Å². The molecule has 2 heterocycles. The van der Waals surface area contributed by atoms with Crippen LogP contribution >= 0.6 is 0 Å². The van der Waals surface area contributed by atoms with Crippen LogP contribution in [-0.2, 0) is 26.9 Å². The van der Waals surface area contributed by atoms with Gasteiger partial charge in [0.15, 0.2) is 6.61 Å². The van der Waals surface area contributed by atoms with Gasteiger partial charge in [-0.1, -0.05) is 12.1 Å². The summed E-state index contributed by atoms with van der Waals surface area (Å²) < 4.78 is 42.1. The van der Waals surface area contributed by atoms with E-state index in [0.29, 0.717) is 18.7 Å². The summed E-state index contributed by atoms with van der Waals surface area (Å²) in [6.07, 6.45) is -5.06. The second-order valence-electron chi connectivity index (χ2n) is 6.10. The van der Waals surface area contributed by atoms with Crippen molar-refractivity contribution in [3.63, 3.8) is 0 Å². The van der Waals surface area contributed by atoms with Gasteiger partial charge in [-0.2, -0.15) is 13.2 Å². The molecule has 2 fully saturated rings. The summed E-state index contributed by atoms with van der Waals surface area (Å²) >= 11 is 0. The van der Waals surface area contributed by atoms with Crippen molar-refractivity contribution in [3.05, 3.63) is 35.4 Å². The summed E-state index contributed by atoms with van der Waals surface area (Å²) in [5.41, 5.74) is -0.255. The van der Waals surface area contributed by atoms with Crippen molar-refractivity contribution < 1.29 is 32.3 Å². The van der Waals surface area contributed by atoms with Crippen LogP contribution < -0.4 is 0 Å². The van der Waals surface area contributed by atoms with E-state index >= 15 is 0 Å². The maximum atomic E-state index is 12.5. The predicted molar refractivity (Wildman–Crippen MR) is 78.3 cm³/mol. The van der Waals surface area contributed by atoms with Gasteiger partial charge >= 0.3 is 12.3 Å². The van der Waals surface area contributed by atoms with Crippen molar-refractivity contribution in [2.24, 2.45) is 5.92 Å². The van der Waals surface area contributed by atoms with E-state index < -0.39 is 17.8 Å². The minimum atomic E-state index is -4.40. The first-order valence-corrected chi connectivity index (χ1v) is 7.65. The molecule has 9 heteroatoms. The summed E-state index contributed by atoms with van der Waals surface area (Å²) in [7, 11) is 0. The highest BCUT2D eigenvalue weighted by Crippen LogP contribution is 2.29. The zero-order valence-electron chi connectivity index (χ0n) is 13.1. The molecule has 0 bridgehead atoms. The van der Waals surface area contributed by atoms with E-state index in [-0.39, 0.29) is 37.3 Å². The first-order valence-electron chi connectivity index (χ1n) is 7.65. The highest BCUT2D eigenvalue weighted by Gasteiger charge is 2.38. The van der Waals surface area contributed by atoms with Gasteiger partial charge in [0.1, 0.15) is 0 Å². The van der Waals surface area contributed by atoms with Crippen molar-refractivity contribution in [3.8, 4) is 0 Å². The molecule has 0 aromatic heterocycles. The molecule has 0 saturated carbocycles. The first kappa shape index (κ1) is 17.2. The number of hydrogen-bond donors (Lipinski definition) is 0. The van der Waals surface area contributed by atoms with E-state index in [1.54, 1.807) is 4.90 Å². The van der Waals surface area contributed by atoms with E-state index in [0.717, 1.165) is 17.0 Å². The zero-order chi connectivity index (χ0) is 18.2. The molecule has 25 heavy (non-hydrogen) atoms. The van der Waals surface area contributed by atoms with Gasteiger partial charge in [-0.3, -0.25) is 9.59 Å². The van der Waals surface area contributed by atoms with Crippen LogP contribution in [0, 0.1) is 5.92 Å². The van der Waals surface area contributed by atoms with Crippen molar-refractivity contribution in [2.45, 2.75) is 12.6 Å². The summed E-state index contributed by atoms with van der Waals surface area (Å²) in [5, 5.41) is 0. The fourth-order valence-electron chi connectivity index (χ4n) is 2.80. The molecule has 0 aliphatic carbocycles. The Hall–Kier alpha value is -2.58. The van der Waals surface area contributed by atoms with Gasteiger partial charge in [0.05, 0.1) is 12.0 Å². The minimum Gasteiger partial charge on any atom is -0.439 e. The number of carbonyl (C=O) groups is 3. The zero-order valence-corrected chi connectivity index (χ0v) is 13.1. The molecule has 0 atom stereocenters. The Bertz CT molecular complexity index is 680. The third kappa shape index (κ3) is 3.75. The number of imide groups is 1. The highest BCUT2D eigenvalue weighted by molar-refractivity contribution is 5.97. The molecule has 2 saturated heterocycles. The Kier molecular flexibility index (Phi) is 4.40. The molecule has 0 N–H and O–H groups in total. The second kappa shape index (κ2) is 6.38. The number of halogens is 3. The van der Waals surface area contributed by atoms with Gasteiger partial charge in [0.2, 0.25) is 5.91 Å². The van der Waals surface area contributed by atoms with E-state index in [1.165, 1.54) is 12.1 Å². The van der Waals surface area contributed by atoms with Crippen LogP contribution in [-0.4, -0.2) is 53.9 Å². The summed E-state index contributed by atoms with van der Waals surface area (Å²) in [5.74, 6) is -0.600. The molecular formula is C16H15F3N2O4. The smallest absolute Gasteiger partial charge is 0.417 e. The summed E-state index contributed by atoms with van der Waals surface area (Å²) in [6, 6.07) is 4.48. The molecule has 1 aromatic carbocycles. The molecule has 1 aromatic rings. The number of alkyl halides is 3. The lowest BCUT2D eigenvalue weighted by Gasteiger charge is -2.40. The van der Waals surface area contributed by atoms with Crippen LogP contribution in [0.5, 0.6) is 0 Å². The fraction of sp³-hybridized carbons (Fsp3) is 0.438. The predicted octanol–water partition coefficient (Wildman–Crippen LogP) is 1.69. The van der Waals surface area contributed by atoms with E-state index in [9.17, 15) is 27.6 Å². The average Bonchev–Trinajstić information content (AvgIpc) is 2.81. The number of hydrogen-bond acceptors (Lipinski definition) is 4. The average molecular weight is 356 g/mol. The van der Waals surface area contributed by atoms with Gasteiger partial charge in [0, 0.05) is 25.6 Å². The summed E-state index contributed by atoms with van der Waals surface area (Å²) in [4.78, 5) is 37.5. The monoisotopic (exact) mass is 356 g/mol. The van der Waals surface area contributed by atoms with Crippen LogP contribution in [0.15, 0.2) is 24.3 Å². The molecule has 0 radical (unpaired) electrons. The quantitative estimate of drug-likeness (QED) is 0.823. The molecule has 0 spiro atoms. The maximum Gasteiger partial charge on any atom is 0.417 e. The van der Waals surface area contributed by atoms with Crippen LogP contribution in [0.1, 0.15) is 11.1 Å². The molecule has 2 aliphatic rings. The molecule has 0 unspecified atom stereocenters. The minimum absolute atomic E-state index is 0.00819. The Morgan fingerprint density at radius 3 is 2.32 bits per heavy atom. The van der Waals surface area contributed by atoms with E-state index in [1.807, 2.05) is 0 Å². The molecule has 134 valence electrons. The van der Waals surface area contributed by atoms with E-state index in [2.05, 4.69) is 4.74 Å². The van der Waals surface area contributed by atoms with Crippen molar-refractivity contribution in [1.82, 2.24) is 9.80 Å². The number of carbonyl (C=O) groups excluding carboxylic acids is 3. The van der Waals surface area contributed by atoms with Gasteiger partial charge < -0.3 is 9.64 Å². The fourth-order valence-corrected chi connectivity index (χ4v) is 2.80. The molecular weight excluding hydrogens is 341 g/mol. The van der Waals surface area contributed by atoms with Gasteiger partial charge in [0.25, 0.3) is 5.91 Å². The van der Waals surface area contributed by atoms with Crippen molar-refractivity contribution in [2.75, 3.05) is 26.2 Å². The third-order valence-electron chi connectivity index (χ3n) is 4.23. The van der Waals surface area contributed by atoms with E-state index in [4.69, 9.17) is 0 Å². The number of rotatable bonds is 4. The lowest BCUT2D eigenvalue weighted by atomic mass is 9.98. The number of ether oxygens (including phenoxy) is 1. The van der Waals surface area contributed by atoms with Crippen LogP contribution in [0.2, 0.25) is 0 Å².